The van der Waals surface area contributed by atoms with Crippen molar-refractivity contribution < 1.29 is 17.9 Å². The molecule has 20 heavy (non-hydrogen) atoms. The molecule has 1 fully saturated rings. The molecule has 1 aromatic carbocycles. The van der Waals surface area contributed by atoms with Crippen LogP contribution in [0, 0.1) is 0 Å². The first-order valence-electron chi connectivity index (χ1n) is 6.31. The lowest BCUT2D eigenvalue weighted by atomic mass is 10.2. The molecule has 0 saturated carbocycles. The summed E-state index contributed by atoms with van der Waals surface area (Å²) in [7, 11) is 0. The second-order valence-corrected chi connectivity index (χ2v) is 4.54. The highest BCUT2D eigenvalue weighted by molar-refractivity contribution is 5.85. The number of halogens is 4. The van der Waals surface area contributed by atoms with Crippen LogP contribution >= 0.6 is 12.4 Å². The van der Waals surface area contributed by atoms with Crippen molar-refractivity contribution in [1.82, 2.24) is 10.2 Å². The van der Waals surface area contributed by atoms with Gasteiger partial charge < -0.3 is 10.1 Å². The Kier molecular flexibility index (Phi) is 6.58. The fourth-order valence-corrected chi connectivity index (χ4v) is 2.16. The molecule has 2 rings (SSSR count). The summed E-state index contributed by atoms with van der Waals surface area (Å²) in [6, 6.07) is 6.32. The Morgan fingerprint density at radius 1 is 1.15 bits per heavy atom. The highest BCUT2D eigenvalue weighted by Gasteiger charge is 2.32. The lowest BCUT2D eigenvalue weighted by Gasteiger charge is -2.21. The van der Waals surface area contributed by atoms with Gasteiger partial charge in [-0.2, -0.15) is 0 Å². The first kappa shape index (κ1) is 17.1. The van der Waals surface area contributed by atoms with Gasteiger partial charge in [0.2, 0.25) is 0 Å². The molecule has 114 valence electrons. The van der Waals surface area contributed by atoms with E-state index in [2.05, 4.69) is 15.0 Å². The molecule has 7 heteroatoms. The van der Waals surface area contributed by atoms with Crippen LogP contribution in [-0.2, 0) is 6.54 Å². The summed E-state index contributed by atoms with van der Waals surface area (Å²) in [6.45, 7) is 4.02. The maximum Gasteiger partial charge on any atom is 0.573 e. The normalized spacial score (nSPS) is 17.1. The quantitative estimate of drug-likeness (QED) is 0.929. The Balaban J connectivity index is 0.00000200. The number of rotatable bonds is 3. The molecule has 0 bridgehead atoms. The first-order chi connectivity index (χ1) is 9.04. The summed E-state index contributed by atoms with van der Waals surface area (Å²) in [5.74, 6) is -0.104. The van der Waals surface area contributed by atoms with Gasteiger partial charge in [-0.05, 0) is 25.6 Å². The van der Waals surface area contributed by atoms with Gasteiger partial charge in [0.05, 0.1) is 0 Å². The van der Waals surface area contributed by atoms with Crippen molar-refractivity contribution in [3.05, 3.63) is 29.8 Å². The summed E-state index contributed by atoms with van der Waals surface area (Å²) in [6.07, 6.45) is -3.64. The zero-order valence-corrected chi connectivity index (χ0v) is 11.8. The van der Waals surface area contributed by atoms with E-state index in [4.69, 9.17) is 0 Å². The van der Waals surface area contributed by atoms with Gasteiger partial charge in [0, 0.05) is 25.2 Å². The van der Waals surface area contributed by atoms with Gasteiger partial charge in [-0.25, -0.2) is 0 Å². The van der Waals surface area contributed by atoms with Gasteiger partial charge in [0.15, 0.2) is 0 Å². The molecule has 0 aromatic heterocycles. The van der Waals surface area contributed by atoms with E-state index < -0.39 is 6.36 Å². The van der Waals surface area contributed by atoms with E-state index >= 15 is 0 Å². The molecule has 1 saturated heterocycles. The van der Waals surface area contributed by atoms with Crippen molar-refractivity contribution in [3.8, 4) is 5.75 Å². The largest absolute Gasteiger partial charge is 0.573 e. The highest BCUT2D eigenvalue weighted by Crippen LogP contribution is 2.27. The lowest BCUT2D eigenvalue weighted by Crippen LogP contribution is -2.28. The van der Waals surface area contributed by atoms with Crippen LogP contribution in [0.1, 0.15) is 12.0 Å². The van der Waals surface area contributed by atoms with Gasteiger partial charge in [0.25, 0.3) is 0 Å². The van der Waals surface area contributed by atoms with Crippen LogP contribution in [0.5, 0.6) is 5.75 Å². The molecule has 1 aliphatic heterocycles. The number of hydrogen-bond acceptors (Lipinski definition) is 3. The van der Waals surface area contributed by atoms with Crippen molar-refractivity contribution in [1.29, 1.82) is 0 Å². The monoisotopic (exact) mass is 310 g/mol. The van der Waals surface area contributed by atoms with Crippen LogP contribution in [0.2, 0.25) is 0 Å². The van der Waals surface area contributed by atoms with E-state index in [9.17, 15) is 13.2 Å². The first-order valence-corrected chi connectivity index (χ1v) is 6.31. The van der Waals surface area contributed by atoms with Gasteiger partial charge in [-0.1, -0.05) is 18.2 Å². The smallest absolute Gasteiger partial charge is 0.405 e. The van der Waals surface area contributed by atoms with Crippen molar-refractivity contribution >= 4 is 12.4 Å². The van der Waals surface area contributed by atoms with Crippen molar-refractivity contribution in [2.24, 2.45) is 0 Å². The summed E-state index contributed by atoms with van der Waals surface area (Å²) in [4.78, 5) is 2.14. The SMILES string of the molecule is Cl.FC(F)(F)Oc1ccccc1CN1CCCNCC1. The molecular weight excluding hydrogens is 293 g/mol. The summed E-state index contributed by atoms with van der Waals surface area (Å²) in [5.41, 5.74) is 0.571. The van der Waals surface area contributed by atoms with Gasteiger partial charge >= 0.3 is 6.36 Å². The molecule has 1 aromatic rings. The van der Waals surface area contributed by atoms with Crippen LogP contribution in [0.25, 0.3) is 0 Å². The summed E-state index contributed by atoms with van der Waals surface area (Å²) in [5, 5.41) is 3.26. The van der Waals surface area contributed by atoms with E-state index in [1.165, 1.54) is 6.07 Å². The third kappa shape index (κ3) is 5.56. The van der Waals surface area contributed by atoms with Crippen LogP contribution in [0.4, 0.5) is 13.2 Å². The third-order valence-electron chi connectivity index (χ3n) is 3.02. The number of benzene rings is 1. The maximum absolute atomic E-state index is 12.3. The van der Waals surface area contributed by atoms with Gasteiger partial charge in [-0.15, -0.1) is 25.6 Å². The molecular formula is C13H18ClF3N2O. The highest BCUT2D eigenvalue weighted by atomic mass is 35.5. The van der Waals surface area contributed by atoms with E-state index in [0.717, 1.165) is 32.6 Å². The van der Waals surface area contributed by atoms with Crippen molar-refractivity contribution in [2.75, 3.05) is 26.2 Å². The standard InChI is InChI=1S/C13H17F3N2O.ClH/c14-13(15,16)19-12-5-2-1-4-11(12)10-18-8-3-6-17-7-9-18;/h1-2,4-5,17H,3,6-10H2;1H. The van der Waals surface area contributed by atoms with Crippen molar-refractivity contribution in [2.45, 2.75) is 19.3 Å². The molecule has 0 unspecified atom stereocenters. The van der Waals surface area contributed by atoms with Crippen molar-refractivity contribution in [3.63, 3.8) is 0 Å². The Morgan fingerprint density at radius 2 is 1.90 bits per heavy atom. The minimum absolute atomic E-state index is 0. The molecule has 1 N–H and O–H groups in total. The minimum Gasteiger partial charge on any atom is -0.405 e. The molecule has 0 radical (unpaired) electrons. The van der Waals surface area contributed by atoms with Crippen LogP contribution in [0.3, 0.4) is 0 Å². The molecule has 0 spiro atoms. The number of nitrogens with one attached hydrogen (secondary N) is 1. The zero-order chi connectivity index (χ0) is 13.7. The van der Waals surface area contributed by atoms with Crippen LogP contribution < -0.4 is 10.1 Å². The fourth-order valence-electron chi connectivity index (χ4n) is 2.16. The lowest BCUT2D eigenvalue weighted by molar-refractivity contribution is -0.275. The molecule has 3 nitrogen and oxygen atoms in total. The Morgan fingerprint density at radius 3 is 2.65 bits per heavy atom. The predicted molar refractivity (Wildman–Crippen MR) is 73.1 cm³/mol. The number of para-hydroxylation sites is 1. The molecule has 0 aliphatic carbocycles. The minimum atomic E-state index is -4.64. The number of hydrogen-bond donors (Lipinski definition) is 1. The second-order valence-electron chi connectivity index (χ2n) is 4.54. The molecule has 1 heterocycles. The van der Waals surface area contributed by atoms with Gasteiger partial charge in [0.1, 0.15) is 5.75 Å². The number of ether oxygens (including phenoxy) is 1. The Hall–Kier alpha value is -0.980. The van der Waals surface area contributed by atoms with E-state index in [1.54, 1.807) is 18.2 Å². The molecule has 0 atom stereocenters. The maximum atomic E-state index is 12.3. The third-order valence-corrected chi connectivity index (χ3v) is 3.02. The Bertz CT molecular complexity index is 407. The summed E-state index contributed by atoms with van der Waals surface area (Å²) >= 11 is 0. The van der Waals surface area contributed by atoms with E-state index in [-0.39, 0.29) is 18.2 Å². The number of alkyl halides is 3. The van der Waals surface area contributed by atoms with Gasteiger partial charge in [-0.3, -0.25) is 4.90 Å². The van der Waals surface area contributed by atoms with Crippen LogP contribution in [0.15, 0.2) is 24.3 Å². The zero-order valence-electron chi connectivity index (χ0n) is 10.9. The molecule has 0 amide bonds. The second kappa shape index (κ2) is 7.71. The van der Waals surface area contributed by atoms with E-state index in [0.29, 0.717) is 12.1 Å². The average Bonchev–Trinajstić information content (AvgIpc) is 2.58. The average molecular weight is 311 g/mol. The van der Waals surface area contributed by atoms with E-state index in [1.807, 2.05) is 0 Å². The number of nitrogens with zero attached hydrogens (tertiary/aromatic N) is 1. The Labute approximate surface area is 122 Å². The topological polar surface area (TPSA) is 24.5 Å². The predicted octanol–water partition coefficient (Wildman–Crippen LogP) is 2.80. The van der Waals surface area contributed by atoms with Crippen LogP contribution in [-0.4, -0.2) is 37.4 Å². The molecule has 1 aliphatic rings. The summed E-state index contributed by atoms with van der Waals surface area (Å²) < 4.78 is 41.0. The fraction of sp³-hybridized carbons (Fsp3) is 0.538.